The van der Waals surface area contributed by atoms with Crippen LogP contribution in [0.2, 0.25) is 0 Å². The fourth-order valence-electron chi connectivity index (χ4n) is 1.64. The van der Waals surface area contributed by atoms with E-state index in [1.54, 1.807) is 26.8 Å². The molecule has 0 radical (unpaired) electrons. The summed E-state index contributed by atoms with van der Waals surface area (Å²) in [6, 6.07) is 4.20. The predicted octanol–water partition coefficient (Wildman–Crippen LogP) is 1.73. The van der Waals surface area contributed by atoms with Crippen molar-refractivity contribution >= 4 is 11.7 Å². The highest BCUT2D eigenvalue weighted by Gasteiger charge is 2.22. The molecule has 104 valence electrons. The van der Waals surface area contributed by atoms with Gasteiger partial charge >= 0.3 is 0 Å². The van der Waals surface area contributed by atoms with Crippen molar-refractivity contribution < 1.29 is 14.4 Å². The number of rotatable bonds is 4. The smallest absolute Gasteiger partial charge is 0.257 e. The number of amidine groups is 1. The maximum absolute atomic E-state index is 13.8. The molecule has 0 spiro atoms. The summed E-state index contributed by atoms with van der Waals surface area (Å²) in [7, 11) is 0. The zero-order valence-electron chi connectivity index (χ0n) is 11.2. The van der Waals surface area contributed by atoms with Crippen LogP contribution in [0, 0.1) is 12.7 Å². The largest absolute Gasteiger partial charge is 0.409 e. The number of aryl methyl sites for hydroxylation is 1. The highest BCUT2D eigenvalue weighted by atomic mass is 19.1. The van der Waals surface area contributed by atoms with Crippen LogP contribution >= 0.6 is 0 Å². The Labute approximate surface area is 111 Å². The highest BCUT2D eigenvalue weighted by Crippen LogP contribution is 2.14. The molecule has 1 rings (SSSR count). The van der Waals surface area contributed by atoms with Gasteiger partial charge in [-0.3, -0.25) is 4.79 Å². The Bertz CT molecular complexity index is 501. The van der Waals surface area contributed by atoms with Gasteiger partial charge in [0.1, 0.15) is 5.82 Å². The summed E-state index contributed by atoms with van der Waals surface area (Å²) in [6.45, 7) is 5.23. The second-order valence-electron chi connectivity index (χ2n) is 4.60. The Morgan fingerprint density at radius 2 is 2.16 bits per heavy atom. The summed E-state index contributed by atoms with van der Waals surface area (Å²) in [5.41, 5.74) is 6.12. The molecular formula is C13H18FN3O2. The lowest BCUT2D eigenvalue weighted by Gasteiger charge is -2.26. The second kappa shape index (κ2) is 6.17. The molecule has 3 N–H and O–H groups in total. The quantitative estimate of drug-likeness (QED) is 0.377. The third kappa shape index (κ3) is 3.67. The van der Waals surface area contributed by atoms with Gasteiger partial charge < -0.3 is 15.8 Å². The normalized spacial score (nSPS) is 11.7. The molecule has 0 aliphatic rings. The van der Waals surface area contributed by atoms with Crippen LogP contribution in [0.25, 0.3) is 0 Å². The van der Waals surface area contributed by atoms with Crippen LogP contribution < -0.4 is 5.73 Å². The lowest BCUT2D eigenvalue weighted by molar-refractivity contribution is 0.0729. The van der Waals surface area contributed by atoms with Crippen LogP contribution in [0.4, 0.5) is 4.39 Å². The van der Waals surface area contributed by atoms with Gasteiger partial charge in [0, 0.05) is 6.04 Å². The fraction of sp³-hybridized carbons (Fsp3) is 0.385. The van der Waals surface area contributed by atoms with E-state index in [0.717, 1.165) is 5.56 Å². The van der Waals surface area contributed by atoms with Crippen LogP contribution in [0.15, 0.2) is 23.4 Å². The minimum absolute atomic E-state index is 0.0231. The van der Waals surface area contributed by atoms with Gasteiger partial charge in [-0.05, 0) is 38.5 Å². The average Bonchev–Trinajstić information content (AvgIpc) is 2.34. The minimum atomic E-state index is -0.574. The first-order chi connectivity index (χ1) is 8.86. The van der Waals surface area contributed by atoms with E-state index in [9.17, 15) is 9.18 Å². The number of hydrogen-bond acceptors (Lipinski definition) is 3. The number of nitrogens with zero attached hydrogens (tertiary/aromatic N) is 2. The first-order valence-electron chi connectivity index (χ1n) is 5.90. The van der Waals surface area contributed by atoms with E-state index in [1.165, 1.54) is 17.0 Å². The number of carbonyl (C=O) groups is 1. The molecule has 1 aromatic carbocycles. The lowest BCUT2D eigenvalue weighted by atomic mass is 10.1. The molecule has 5 nitrogen and oxygen atoms in total. The molecule has 19 heavy (non-hydrogen) atoms. The Kier molecular flexibility index (Phi) is 4.86. The average molecular weight is 267 g/mol. The topological polar surface area (TPSA) is 78.9 Å². The van der Waals surface area contributed by atoms with E-state index in [2.05, 4.69) is 5.16 Å². The first-order valence-corrected chi connectivity index (χ1v) is 5.90. The number of oxime groups is 1. The number of halogens is 1. The van der Waals surface area contributed by atoms with Crippen molar-refractivity contribution in [3.63, 3.8) is 0 Å². The van der Waals surface area contributed by atoms with E-state index >= 15 is 0 Å². The Balaban J connectivity index is 3.06. The molecule has 0 unspecified atom stereocenters. The van der Waals surface area contributed by atoms with Crippen molar-refractivity contribution in [2.45, 2.75) is 26.8 Å². The van der Waals surface area contributed by atoms with Crippen molar-refractivity contribution in [1.82, 2.24) is 4.90 Å². The van der Waals surface area contributed by atoms with Crippen molar-refractivity contribution in [3.05, 3.63) is 35.1 Å². The standard InChI is InChI=1S/C13H18FN3O2/c1-8(2)17(7-12(15)16-19)13(18)10-5-4-9(3)6-11(10)14/h4-6,8,19H,7H2,1-3H3,(H2,15,16). The first kappa shape index (κ1) is 14.9. The van der Waals surface area contributed by atoms with Crippen LogP contribution in [-0.2, 0) is 0 Å². The third-order valence-corrected chi connectivity index (χ3v) is 2.70. The number of carbonyl (C=O) groups excluding carboxylic acids is 1. The SMILES string of the molecule is Cc1ccc(C(=O)N(CC(N)=NO)C(C)C)c(F)c1. The Morgan fingerprint density at radius 1 is 1.53 bits per heavy atom. The van der Waals surface area contributed by atoms with Gasteiger partial charge in [0.25, 0.3) is 5.91 Å². The lowest BCUT2D eigenvalue weighted by Crippen LogP contribution is -2.43. The van der Waals surface area contributed by atoms with Gasteiger partial charge in [0.2, 0.25) is 0 Å². The van der Waals surface area contributed by atoms with Gasteiger partial charge in [-0.1, -0.05) is 11.2 Å². The molecule has 0 atom stereocenters. The molecule has 0 heterocycles. The molecule has 0 aromatic heterocycles. The zero-order valence-corrected chi connectivity index (χ0v) is 11.2. The summed E-state index contributed by atoms with van der Waals surface area (Å²) in [4.78, 5) is 13.6. The van der Waals surface area contributed by atoms with E-state index < -0.39 is 11.7 Å². The summed E-state index contributed by atoms with van der Waals surface area (Å²) >= 11 is 0. The molecule has 0 aliphatic heterocycles. The van der Waals surface area contributed by atoms with Crippen LogP contribution in [-0.4, -0.2) is 34.4 Å². The maximum Gasteiger partial charge on any atom is 0.257 e. The second-order valence-corrected chi connectivity index (χ2v) is 4.60. The van der Waals surface area contributed by atoms with Crippen LogP contribution in [0.3, 0.4) is 0 Å². The monoisotopic (exact) mass is 267 g/mol. The van der Waals surface area contributed by atoms with E-state index in [4.69, 9.17) is 10.9 Å². The molecule has 0 fully saturated rings. The van der Waals surface area contributed by atoms with E-state index in [0.29, 0.717) is 0 Å². The van der Waals surface area contributed by atoms with Crippen molar-refractivity contribution in [2.24, 2.45) is 10.9 Å². The summed E-state index contributed by atoms with van der Waals surface area (Å²) in [5.74, 6) is -1.16. The zero-order chi connectivity index (χ0) is 14.6. The number of benzene rings is 1. The molecule has 0 saturated heterocycles. The predicted molar refractivity (Wildman–Crippen MR) is 70.7 cm³/mol. The van der Waals surface area contributed by atoms with E-state index in [1.807, 2.05) is 0 Å². The summed E-state index contributed by atoms with van der Waals surface area (Å²) in [5, 5.41) is 11.4. The van der Waals surface area contributed by atoms with Gasteiger partial charge in [-0.2, -0.15) is 0 Å². The van der Waals surface area contributed by atoms with Gasteiger partial charge in [0.15, 0.2) is 5.84 Å². The van der Waals surface area contributed by atoms with Crippen LogP contribution in [0.5, 0.6) is 0 Å². The molecular weight excluding hydrogens is 249 g/mol. The van der Waals surface area contributed by atoms with Gasteiger partial charge in [-0.25, -0.2) is 4.39 Å². The molecule has 1 aromatic rings. The van der Waals surface area contributed by atoms with Gasteiger partial charge in [-0.15, -0.1) is 0 Å². The van der Waals surface area contributed by atoms with Crippen molar-refractivity contribution in [1.29, 1.82) is 0 Å². The van der Waals surface area contributed by atoms with Crippen molar-refractivity contribution in [3.8, 4) is 0 Å². The Hall–Kier alpha value is -2.11. The number of nitrogens with two attached hydrogens (primary N) is 1. The highest BCUT2D eigenvalue weighted by molar-refractivity contribution is 5.97. The maximum atomic E-state index is 13.8. The fourth-order valence-corrected chi connectivity index (χ4v) is 1.64. The summed E-state index contributed by atoms with van der Waals surface area (Å²) < 4.78 is 13.8. The number of hydrogen-bond donors (Lipinski definition) is 2. The molecule has 6 heteroatoms. The molecule has 0 aliphatic carbocycles. The summed E-state index contributed by atoms with van der Waals surface area (Å²) in [6.07, 6.45) is 0. The Morgan fingerprint density at radius 3 is 2.63 bits per heavy atom. The molecule has 0 bridgehead atoms. The molecule has 1 amide bonds. The van der Waals surface area contributed by atoms with E-state index in [-0.39, 0.29) is 24.0 Å². The minimum Gasteiger partial charge on any atom is -0.409 e. The van der Waals surface area contributed by atoms with Gasteiger partial charge in [0.05, 0.1) is 12.1 Å². The molecule has 0 saturated carbocycles. The van der Waals surface area contributed by atoms with Crippen LogP contribution in [0.1, 0.15) is 29.8 Å². The number of amides is 1. The third-order valence-electron chi connectivity index (χ3n) is 2.70. The van der Waals surface area contributed by atoms with Crippen molar-refractivity contribution in [2.75, 3.05) is 6.54 Å².